The minimum Gasteiger partial charge on any atom is -0.383 e. The summed E-state index contributed by atoms with van der Waals surface area (Å²) >= 11 is 0. The molecular formula is C19H16F3N3O. The third-order valence-corrected chi connectivity index (χ3v) is 3.73. The Labute approximate surface area is 148 Å². The van der Waals surface area contributed by atoms with Gasteiger partial charge in [-0.25, -0.2) is 0 Å². The quantitative estimate of drug-likeness (QED) is 0.779. The number of alkyl halides is 3. The highest BCUT2D eigenvalue weighted by atomic mass is 19.4. The number of para-hydroxylation sites is 1. The molecule has 7 heteroatoms. The Kier molecular flexibility index (Phi) is 4.54. The number of hydrogen-bond donors (Lipinski definition) is 0. The second-order valence-corrected chi connectivity index (χ2v) is 5.99. The van der Waals surface area contributed by atoms with Gasteiger partial charge in [0, 0.05) is 25.9 Å². The molecule has 1 heterocycles. The Balaban J connectivity index is 2.11. The molecule has 2 aromatic rings. The molecule has 0 fully saturated rings. The van der Waals surface area contributed by atoms with Crippen LogP contribution < -0.4 is 5.01 Å². The number of anilines is 1. The first-order valence-electron chi connectivity index (χ1n) is 7.82. The molecular weight excluding hydrogens is 343 g/mol. The van der Waals surface area contributed by atoms with Crippen molar-refractivity contribution in [3.8, 4) is 0 Å². The molecule has 26 heavy (non-hydrogen) atoms. The van der Waals surface area contributed by atoms with E-state index < -0.39 is 17.6 Å². The van der Waals surface area contributed by atoms with E-state index in [-0.39, 0.29) is 16.8 Å². The van der Waals surface area contributed by atoms with Crippen LogP contribution in [-0.4, -0.2) is 30.6 Å². The van der Waals surface area contributed by atoms with Crippen LogP contribution in [0.25, 0.3) is 0 Å². The summed E-state index contributed by atoms with van der Waals surface area (Å²) in [5, 5.41) is 5.50. The van der Waals surface area contributed by atoms with E-state index in [4.69, 9.17) is 0 Å². The van der Waals surface area contributed by atoms with E-state index in [2.05, 4.69) is 5.10 Å². The van der Waals surface area contributed by atoms with Crippen LogP contribution in [-0.2, 0) is 11.0 Å². The van der Waals surface area contributed by atoms with Crippen molar-refractivity contribution in [3.63, 3.8) is 0 Å². The van der Waals surface area contributed by atoms with Crippen molar-refractivity contribution >= 4 is 17.3 Å². The molecule has 1 aliphatic rings. The van der Waals surface area contributed by atoms with Gasteiger partial charge in [0.15, 0.2) is 0 Å². The van der Waals surface area contributed by atoms with Gasteiger partial charge in [-0.2, -0.15) is 23.3 Å². The molecule has 0 saturated heterocycles. The molecule has 0 aliphatic carbocycles. The molecule has 3 rings (SSSR count). The number of benzene rings is 2. The molecule has 0 atom stereocenters. The Hall–Kier alpha value is -3.09. The summed E-state index contributed by atoms with van der Waals surface area (Å²) in [5.41, 5.74) is 0.438. The molecule has 134 valence electrons. The van der Waals surface area contributed by atoms with Gasteiger partial charge >= 0.3 is 6.18 Å². The molecule has 0 radical (unpaired) electrons. The summed E-state index contributed by atoms with van der Waals surface area (Å²) in [6.45, 7) is 0. The van der Waals surface area contributed by atoms with Gasteiger partial charge in [0.05, 0.1) is 16.8 Å². The highest BCUT2D eigenvalue weighted by Gasteiger charge is 2.35. The van der Waals surface area contributed by atoms with Gasteiger partial charge in [0.25, 0.3) is 5.91 Å². The van der Waals surface area contributed by atoms with Crippen molar-refractivity contribution in [1.82, 2.24) is 4.90 Å². The number of hydrazone groups is 1. The van der Waals surface area contributed by atoms with Crippen LogP contribution in [0.1, 0.15) is 11.1 Å². The maximum Gasteiger partial charge on any atom is 0.416 e. The summed E-state index contributed by atoms with van der Waals surface area (Å²) in [6.07, 6.45) is -2.91. The Morgan fingerprint density at radius 2 is 1.73 bits per heavy atom. The molecule has 1 amide bonds. The molecule has 4 nitrogen and oxygen atoms in total. The van der Waals surface area contributed by atoms with Crippen LogP contribution in [0.15, 0.2) is 71.5 Å². The maximum absolute atomic E-state index is 13.0. The zero-order valence-electron chi connectivity index (χ0n) is 14.2. The lowest BCUT2D eigenvalue weighted by Gasteiger charge is -2.12. The summed E-state index contributed by atoms with van der Waals surface area (Å²) < 4.78 is 39.1. The van der Waals surface area contributed by atoms with Gasteiger partial charge in [0.2, 0.25) is 0 Å². The van der Waals surface area contributed by atoms with Gasteiger partial charge < -0.3 is 4.90 Å². The fourth-order valence-electron chi connectivity index (χ4n) is 2.59. The van der Waals surface area contributed by atoms with E-state index in [1.54, 1.807) is 55.5 Å². The summed E-state index contributed by atoms with van der Waals surface area (Å²) in [6, 6.07) is 13.6. The summed E-state index contributed by atoms with van der Waals surface area (Å²) in [4.78, 5) is 14.5. The van der Waals surface area contributed by atoms with Crippen molar-refractivity contribution in [2.24, 2.45) is 5.10 Å². The second kappa shape index (κ2) is 6.67. The minimum absolute atomic E-state index is 0.207. The normalized spacial score (nSPS) is 16.2. The molecule has 0 spiro atoms. The SMILES string of the molecule is CN(C)C=C1C(=O)N(c2ccccc2)N=C1c1cccc(C(F)(F)F)c1. The number of rotatable bonds is 3. The molecule has 0 aromatic heterocycles. The average Bonchev–Trinajstić information content (AvgIpc) is 2.91. The lowest BCUT2D eigenvalue weighted by molar-refractivity contribution is -0.137. The topological polar surface area (TPSA) is 35.9 Å². The van der Waals surface area contributed by atoms with E-state index in [1.165, 1.54) is 17.1 Å². The van der Waals surface area contributed by atoms with Crippen molar-refractivity contribution in [3.05, 3.63) is 77.5 Å². The number of carbonyl (C=O) groups is 1. The lowest BCUT2D eigenvalue weighted by Crippen LogP contribution is -2.22. The van der Waals surface area contributed by atoms with Crippen LogP contribution in [0.5, 0.6) is 0 Å². The second-order valence-electron chi connectivity index (χ2n) is 5.99. The van der Waals surface area contributed by atoms with Gasteiger partial charge in [0.1, 0.15) is 5.71 Å². The Bertz CT molecular complexity index is 886. The highest BCUT2D eigenvalue weighted by molar-refractivity contribution is 6.35. The van der Waals surface area contributed by atoms with E-state index in [0.29, 0.717) is 5.69 Å². The van der Waals surface area contributed by atoms with Gasteiger partial charge in [-0.3, -0.25) is 4.79 Å². The first-order valence-corrected chi connectivity index (χ1v) is 7.82. The molecule has 1 aliphatic heterocycles. The van der Waals surface area contributed by atoms with Gasteiger partial charge in [-0.15, -0.1) is 0 Å². The van der Waals surface area contributed by atoms with E-state index >= 15 is 0 Å². The van der Waals surface area contributed by atoms with Crippen molar-refractivity contribution in [1.29, 1.82) is 0 Å². The fraction of sp³-hybridized carbons (Fsp3) is 0.158. The fourth-order valence-corrected chi connectivity index (χ4v) is 2.59. The third-order valence-electron chi connectivity index (χ3n) is 3.73. The van der Waals surface area contributed by atoms with Crippen molar-refractivity contribution < 1.29 is 18.0 Å². The van der Waals surface area contributed by atoms with Crippen LogP contribution in [0, 0.1) is 0 Å². The third kappa shape index (κ3) is 3.46. The van der Waals surface area contributed by atoms with Crippen molar-refractivity contribution in [2.45, 2.75) is 6.18 Å². The standard InChI is InChI=1S/C19H16F3N3O/c1-24(2)12-16-17(13-7-6-8-14(11-13)19(20,21)22)23-25(18(16)26)15-9-4-3-5-10-15/h3-12H,1-2H3. The number of nitrogens with zero attached hydrogens (tertiary/aromatic N) is 3. The van der Waals surface area contributed by atoms with Crippen LogP contribution >= 0.6 is 0 Å². The zero-order valence-corrected chi connectivity index (χ0v) is 14.2. The molecule has 0 saturated carbocycles. The van der Waals surface area contributed by atoms with E-state index in [1.807, 2.05) is 0 Å². The van der Waals surface area contributed by atoms with E-state index in [0.717, 1.165) is 12.1 Å². The largest absolute Gasteiger partial charge is 0.416 e. The first kappa shape index (κ1) is 17.7. The van der Waals surface area contributed by atoms with Crippen molar-refractivity contribution in [2.75, 3.05) is 19.1 Å². The average molecular weight is 359 g/mol. The van der Waals surface area contributed by atoms with Crippen LogP contribution in [0.3, 0.4) is 0 Å². The molecule has 0 bridgehead atoms. The van der Waals surface area contributed by atoms with Crippen LogP contribution in [0.4, 0.5) is 18.9 Å². The Morgan fingerprint density at radius 3 is 2.35 bits per heavy atom. The molecule has 0 unspecified atom stereocenters. The predicted octanol–water partition coefficient (Wildman–Crippen LogP) is 3.90. The number of halogens is 3. The summed E-state index contributed by atoms with van der Waals surface area (Å²) in [7, 11) is 3.46. The lowest BCUT2D eigenvalue weighted by atomic mass is 10.0. The summed E-state index contributed by atoms with van der Waals surface area (Å²) in [5.74, 6) is -0.391. The number of amides is 1. The van der Waals surface area contributed by atoms with Gasteiger partial charge in [-0.05, 0) is 24.3 Å². The Morgan fingerprint density at radius 1 is 1.04 bits per heavy atom. The predicted molar refractivity (Wildman–Crippen MR) is 93.7 cm³/mol. The number of hydrogen-bond acceptors (Lipinski definition) is 3. The van der Waals surface area contributed by atoms with Gasteiger partial charge in [-0.1, -0.05) is 30.3 Å². The first-order chi connectivity index (χ1) is 12.3. The molecule has 0 N–H and O–H groups in total. The molecule has 2 aromatic carbocycles. The zero-order chi connectivity index (χ0) is 18.9. The minimum atomic E-state index is -4.47. The smallest absolute Gasteiger partial charge is 0.383 e. The van der Waals surface area contributed by atoms with Crippen LogP contribution in [0.2, 0.25) is 0 Å². The highest BCUT2D eigenvalue weighted by Crippen LogP contribution is 2.32. The monoisotopic (exact) mass is 359 g/mol. The van der Waals surface area contributed by atoms with E-state index in [9.17, 15) is 18.0 Å². The number of carbonyl (C=O) groups excluding carboxylic acids is 1. The maximum atomic E-state index is 13.0.